The van der Waals surface area contributed by atoms with E-state index in [1.54, 1.807) is 78.0 Å². The fourth-order valence-electron chi connectivity index (χ4n) is 5.16. The van der Waals surface area contributed by atoms with E-state index in [2.05, 4.69) is 10.3 Å². The Kier molecular flexibility index (Phi) is 11.8. The van der Waals surface area contributed by atoms with Gasteiger partial charge >= 0.3 is 5.97 Å². The number of hydrogen-bond acceptors (Lipinski definition) is 6. The second-order valence-corrected chi connectivity index (χ2v) is 11.2. The molecule has 0 aliphatic rings. The van der Waals surface area contributed by atoms with Gasteiger partial charge < -0.3 is 20.1 Å². The van der Waals surface area contributed by atoms with Crippen LogP contribution in [0, 0.1) is 0 Å². The van der Waals surface area contributed by atoms with Crippen molar-refractivity contribution in [1.29, 1.82) is 0 Å². The molecule has 0 spiro atoms. The predicted octanol–water partition coefficient (Wildman–Crippen LogP) is 6.93. The highest BCUT2D eigenvalue weighted by Gasteiger charge is 2.21. The molecule has 0 unspecified atom stereocenters. The number of benzene rings is 4. The molecule has 5 rings (SSSR count). The SMILES string of the molecule is O=C(c1ccccc1)c1ccccc1N[C@@H](Cc1ccc(OCCCN(Cc2ccccc2)C(=O)/C=C/c2cccnc2)cc1)C(=O)O. The van der Waals surface area contributed by atoms with Crippen LogP contribution in [0.15, 0.2) is 140 Å². The number of anilines is 1. The van der Waals surface area contributed by atoms with E-state index < -0.39 is 12.0 Å². The van der Waals surface area contributed by atoms with Crippen molar-refractivity contribution in [2.45, 2.75) is 25.4 Å². The normalized spacial score (nSPS) is 11.5. The van der Waals surface area contributed by atoms with E-state index in [0.717, 1.165) is 16.7 Å². The summed E-state index contributed by atoms with van der Waals surface area (Å²) in [6.45, 7) is 1.38. The van der Waals surface area contributed by atoms with Crippen LogP contribution in [0.4, 0.5) is 5.69 Å². The predicted molar refractivity (Wildman–Crippen MR) is 187 cm³/mol. The van der Waals surface area contributed by atoms with Gasteiger partial charge in [0.15, 0.2) is 5.78 Å². The van der Waals surface area contributed by atoms with Crippen molar-refractivity contribution >= 4 is 29.4 Å². The molecule has 1 amide bonds. The first kappa shape index (κ1) is 33.3. The summed E-state index contributed by atoms with van der Waals surface area (Å²) in [7, 11) is 0. The molecule has 0 saturated heterocycles. The summed E-state index contributed by atoms with van der Waals surface area (Å²) in [5.41, 5.74) is 4.10. The number of para-hydroxylation sites is 1. The van der Waals surface area contributed by atoms with E-state index in [0.29, 0.717) is 48.7 Å². The summed E-state index contributed by atoms with van der Waals surface area (Å²) in [5, 5.41) is 13.1. The van der Waals surface area contributed by atoms with Crippen LogP contribution in [-0.4, -0.2) is 51.8 Å². The maximum Gasteiger partial charge on any atom is 0.326 e. The quantitative estimate of drug-likeness (QED) is 0.0685. The third-order valence-electron chi connectivity index (χ3n) is 7.67. The van der Waals surface area contributed by atoms with Crippen LogP contribution in [0.5, 0.6) is 5.75 Å². The van der Waals surface area contributed by atoms with E-state index in [1.807, 2.05) is 72.8 Å². The molecular weight excluding hydrogens is 602 g/mol. The van der Waals surface area contributed by atoms with Gasteiger partial charge in [-0.05, 0) is 59.5 Å². The van der Waals surface area contributed by atoms with Crippen LogP contribution < -0.4 is 10.1 Å². The Balaban J connectivity index is 1.16. The summed E-state index contributed by atoms with van der Waals surface area (Å²) in [5.74, 6) is -0.657. The third kappa shape index (κ3) is 9.74. The molecule has 242 valence electrons. The first-order valence-electron chi connectivity index (χ1n) is 15.8. The van der Waals surface area contributed by atoms with Crippen molar-refractivity contribution in [3.63, 3.8) is 0 Å². The van der Waals surface area contributed by atoms with Gasteiger partial charge in [-0.3, -0.25) is 14.6 Å². The molecule has 5 aromatic rings. The number of carbonyl (C=O) groups excluding carboxylic acids is 2. The molecule has 0 saturated carbocycles. The van der Waals surface area contributed by atoms with Gasteiger partial charge in [0.05, 0.1) is 6.61 Å². The van der Waals surface area contributed by atoms with Crippen LogP contribution in [0.1, 0.15) is 39.0 Å². The topological polar surface area (TPSA) is 109 Å². The molecule has 1 aromatic heterocycles. The lowest BCUT2D eigenvalue weighted by molar-refractivity contribution is -0.137. The van der Waals surface area contributed by atoms with Crippen molar-refractivity contribution < 1.29 is 24.2 Å². The highest BCUT2D eigenvalue weighted by Crippen LogP contribution is 2.22. The number of amides is 1. The number of rotatable bonds is 16. The Bertz CT molecular complexity index is 1810. The number of nitrogens with zero attached hydrogens (tertiary/aromatic N) is 2. The molecule has 4 aromatic carbocycles. The van der Waals surface area contributed by atoms with E-state index in [4.69, 9.17) is 4.74 Å². The van der Waals surface area contributed by atoms with Crippen LogP contribution in [-0.2, 0) is 22.6 Å². The molecule has 8 heteroatoms. The van der Waals surface area contributed by atoms with Crippen molar-refractivity contribution in [3.05, 3.63) is 168 Å². The minimum absolute atomic E-state index is 0.0966. The minimum atomic E-state index is -1.03. The molecule has 0 fully saturated rings. The number of hydrogen-bond donors (Lipinski definition) is 2. The molecule has 2 N–H and O–H groups in total. The summed E-state index contributed by atoms with van der Waals surface area (Å²) in [6, 6.07) is 35.7. The molecule has 0 radical (unpaired) electrons. The summed E-state index contributed by atoms with van der Waals surface area (Å²) < 4.78 is 5.97. The van der Waals surface area contributed by atoms with Crippen molar-refractivity contribution in [2.24, 2.45) is 0 Å². The molecule has 48 heavy (non-hydrogen) atoms. The Morgan fingerprint density at radius 3 is 2.23 bits per heavy atom. The monoisotopic (exact) mass is 639 g/mol. The van der Waals surface area contributed by atoms with Gasteiger partial charge in [0, 0.05) is 54.8 Å². The van der Waals surface area contributed by atoms with E-state index in [1.165, 1.54) is 0 Å². The average molecular weight is 640 g/mol. The number of carboxylic acids is 1. The molecule has 0 aliphatic carbocycles. The van der Waals surface area contributed by atoms with Crippen molar-refractivity contribution in [2.75, 3.05) is 18.5 Å². The first-order chi connectivity index (χ1) is 23.5. The third-order valence-corrected chi connectivity index (χ3v) is 7.67. The number of carbonyl (C=O) groups is 3. The lowest BCUT2D eigenvalue weighted by Crippen LogP contribution is -2.32. The van der Waals surface area contributed by atoms with Gasteiger partial charge in [-0.2, -0.15) is 0 Å². The van der Waals surface area contributed by atoms with Crippen molar-refractivity contribution in [3.8, 4) is 5.75 Å². The zero-order valence-corrected chi connectivity index (χ0v) is 26.4. The maximum atomic E-state index is 13.1. The van der Waals surface area contributed by atoms with Crippen LogP contribution in [0.3, 0.4) is 0 Å². The number of ether oxygens (including phenoxy) is 1. The number of nitrogens with one attached hydrogen (secondary N) is 1. The van der Waals surface area contributed by atoms with Gasteiger partial charge in [0.25, 0.3) is 0 Å². The van der Waals surface area contributed by atoms with Gasteiger partial charge in [0.1, 0.15) is 11.8 Å². The molecule has 0 bridgehead atoms. The highest BCUT2D eigenvalue weighted by atomic mass is 16.5. The van der Waals surface area contributed by atoms with E-state index in [-0.39, 0.29) is 18.1 Å². The number of carboxylic acid groups (broad SMARTS) is 1. The first-order valence-corrected chi connectivity index (χ1v) is 15.8. The van der Waals surface area contributed by atoms with Crippen LogP contribution in [0.2, 0.25) is 0 Å². The molecule has 0 aliphatic heterocycles. The molecule has 1 atom stereocenters. The maximum absolute atomic E-state index is 13.1. The smallest absolute Gasteiger partial charge is 0.326 e. The van der Waals surface area contributed by atoms with Gasteiger partial charge in [-0.25, -0.2) is 4.79 Å². The Labute approximate surface area is 280 Å². The lowest BCUT2D eigenvalue weighted by Gasteiger charge is -2.21. The largest absolute Gasteiger partial charge is 0.494 e. The van der Waals surface area contributed by atoms with E-state index in [9.17, 15) is 19.5 Å². The Morgan fingerprint density at radius 2 is 1.52 bits per heavy atom. The van der Waals surface area contributed by atoms with Gasteiger partial charge in [0.2, 0.25) is 5.91 Å². The number of pyridine rings is 1. The molecule has 1 heterocycles. The fourth-order valence-corrected chi connectivity index (χ4v) is 5.16. The lowest BCUT2D eigenvalue weighted by atomic mass is 10.00. The Hall–Kier alpha value is -6.02. The summed E-state index contributed by atoms with van der Waals surface area (Å²) in [4.78, 5) is 44.3. The van der Waals surface area contributed by atoms with Crippen LogP contribution >= 0.6 is 0 Å². The summed E-state index contributed by atoms with van der Waals surface area (Å²) >= 11 is 0. The van der Waals surface area contributed by atoms with Crippen molar-refractivity contribution in [1.82, 2.24) is 9.88 Å². The van der Waals surface area contributed by atoms with Crippen LogP contribution in [0.25, 0.3) is 6.08 Å². The molecule has 8 nitrogen and oxygen atoms in total. The van der Waals surface area contributed by atoms with E-state index >= 15 is 0 Å². The molecular formula is C40H37N3O5. The fraction of sp³-hybridized carbons (Fsp3) is 0.150. The average Bonchev–Trinajstić information content (AvgIpc) is 3.13. The van der Waals surface area contributed by atoms with Gasteiger partial charge in [-0.15, -0.1) is 0 Å². The second kappa shape index (κ2) is 17.1. The standard InChI is InChI=1S/C40H37N3O5/c44-38(23-20-31-13-9-24-41-28-31)43(29-32-11-3-1-4-12-32)25-10-26-48-34-21-18-30(19-22-34)27-37(40(46)47)42-36-17-8-7-16-35(36)39(45)33-14-5-2-6-15-33/h1-9,11-24,28,37,42H,10,25-27,29H2,(H,46,47)/b23-20+/t37-/m0/s1. The zero-order valence-electron chi connectivity index (χ0n) is 26.4. The highest BCUT2D eigenvalue weighted by molar-refractivity contribution is 6.12. The summed E-state index contributed by atoms with van der Waals surface area (Å²) in [6.07, 6.45) is 7.55. The number of aromatic nitrogens is 1. The number of aliphatic carboxylic acids is 1. The second-order valence-electron chi connectivity index (χ2n) is 11.2. The van der Waals surface area contributed by atoms with Gasteiger partial charge in [-0.1, -0.05) is 91.0 Å². The Morgan fingerprint density at radius 1 is 0.812 bits per heavy atom. The zero-order chi connectivity index (χ0) is 33.6. The minimum Gasteiger partial charge on any atom is -0.494 e. The number of ketones is 1.